The Balaban J connectivity index is 2.12. The lowest BCUT2D eigenvalue weighted by atomic mass is 9.98. The van der Waals surface area contributed by atoms with E-state index < -0.39 is 5.97 Å². The highest BCUT2D eigenvalue weighted by atomic mass is 35.5. The molecule has 1 aromatic heterocycles. The van der Waals surface area contributed by atoms with E-state index in [1.807, 2.05) is 18.2 Å². The maximum absolute atomic E-state index is 11.0. The molecule has 3 rings (SSSR count). The second-order valence-electron chi connectivity index (χ2n) is 4.52. The summed E-state index contributed by atoms with van der Waals surface area (Å²) in [5, 5.41) is 10.9. The molecule has 3 nitrogen and oxygen atoms in total. The van der Waals surface area contributed by atoms with Crippen LogP contribution in [0, 0.1) is 5.92 Å². The summed E-state index contributed by atoms with van der Waals surface area (Å²) < 4.78 is 2.11. The van der Waals surface area contributed by atoms with Crippen LogP contribution in [-0.4, -0.2) is 15.6 Å². The van der Waals surface area contributed by atoms with E-state index in [1.165, 1.54) is 5.69 Å². The summed E-state index contributed by atoms with van der Waals surface area (Å²) in [6, 6.07) is 7.85. The van der Waals surface area contributed by atoms with Crippen molar-refractivity contribution in [2.45, 2.75) is 19.4 Å². The molecule has 1 aliphatic heterocycles. The third-order valence-corrected chi connectivity index (χ3v) is 3.69. The van der Waals surface area contributed by atoms with Gasteiger partial charge in [0.15, 0.2) is 0 Å². The number of aliphatic carboxylic acids is 1. The van der Waals surface area contributed by atoms with Crippen LogP contribution in [0.1, 0.15) is 12.1 Å². The van der Waals surface area contributed by atoms with Crippen LogP contribution in [0.2, 0.25) is 5.02 Å². The summed E-state index contributed by atoms with van der Waals surface area (Å²) in [5.74, 6) is -0.972. The van der Waals surface area contributed by atoms with Gasteiger partial charge in [0.1, 0.15) is 0 Å². The summed E-state index contributed by atoms with van der Waals surface area (Å²) >= 11 is 5.96. The van der Waals surface area contributed by atoms with Gasteiger partial charge in [0.25, 0.3) is 0 Å². The van der Waals surface area contributed by atoms with Crippen molar-refractivity contribution in [1.29, 1.82) is 0 Å². The van der Waals surface area contributed by atoms with Crippen molar-refractivity contribution in [3.8, 4) is 0 Å². The molecular formula is C13H12ClNO2. The Morgan fingerprint density at radius 2 is 2.24 bits per heavy atom. The molecule has 88 valence electrons. The van der Waals surface area contributed by atoms with Crippen LogP contribution >= 0.6 is 11.6 Å². The van der Waals surface area contributed by atoms with Gasteiger partial charge in [-0.25, -0.2) is 0 Å². The Kier molecular flexibility index (Phi) is 2.37. The van der Waals surface area contributed by atoms with Gasteiger partial charge in [-0.05, 0) is 37.1 Å². The summed E-state index contributed by atoms with van der Waals surface area (Å²) in [6.45, 7) is 0.565. The number of benzene rings is 1. The standard InChI is InChI=1S/C13H12ClNO2/c14-10-2-4-12-9(5-10)6-11-3-1-8(13(16)17)7-15(11)12/h2,4-6,8H,1,3,7H2,(H,16,17). The lowest BCUT2D eigenvalue weighted by Crippen LogP contribution is -2.26. The molecule has 1 atom stereocenters. The quantitative estimate of drug-likeness (QED) is 0.844. The topological polar surface area (TPSA) is 42.2 Å². The van der Waals surface area contributed by atoms with Crippen LogP contribution in [-0.2, 0) is 17.8 Å². The fourth-order valence-corrected chi connectivity index (χ4v) is 2.74. The summed E-state index contributed by atoms with van der Waals surface area (Å²) in [6.07, 6.45) is 1.54. The Morgan fingerprint density at radius 1 is 1.41 bits per heavy atom. The average Bonchev–Trinajstić information content (AvgIpc) is 2.64. The van der Waals surface area contributed by atoms with Gasteiger partial charge in [-0.2, -0.15) is 0 Å². The highest BCUT2D eigenvalue weighted by Gasteiger charge is 2.25. The van der Waals surface area contributed by atoms with E-state index in [9.17, 15) is 4.79 Å². The first kappa shape index (κ1) is 10.7. The van der Waals surface area contributed by atoms with E-state index in [4.69, 9.17) is 16.7 Å². The molecule has 0 saturated carbocycles. The molecule has 1 N–H and O–H groups in total. The average molecular weight is 250 g/mol. The van der Waals surface area contributed by atoms with Crippen molar-refractivity contribution >= 4 is 28.5 Å². The van der Waals surface area contributed by atoms with E-state index in [0.29, 0.717) is 6.54 Å². The van der Waals surface area contributed by atoms with Crippen LogP contribution in [0.25, 0.3) is 10.9 Å². The van der Waals surface area contributed by atoms with Crippen molar-refractivity contribution < 1.29 is 9.90 Å². The Labute approximate surface area is 104 Å². The maximum atomic E-state index is 11.0. The number of rotatable bonds is 1. The molecule has 0 amide bonds. The molecule has 2 aromatic rings. The number of aryl methyl sites for hydroxylation is 1. The van der Waals surface area contributed by atoms with Crippen LogP contribution in [0.5, 0.6) is 0 Å². The van der Waals surface area contributed by atoms with Crippen LogP contribution in [0.3, 0.4) is 0 Å². The molecule has 1 aromatic carbocycles. The number of nitrogens with zero attached hydrogens (tertiary/aromatic N) is 1. The van der Waals surface area contributed by atoms with Gasteiger partial charge in [0, 0.05) is 28.2 Å². The monoisotopic (exact) mass is 249 g/mol. The predicted octanol–water partition coefficient (Wildman–Crippen LogP) is 2.94. The number of hydrogen-bond donors (Lipinski definition) is 1. The molecule has 1 aliphatic rings. The van der Waals surface area contributed by atoms with Gasteiger partial charge in [-0.3, -0.25) is 4.79 Å². The summed E-state index contributed by atoms with van der Waals surface area (Å²) in [7, 11) is 0. The van der Waals surface area contributed by atoms with Crippen LogP contribution < -0.4 is 0 Å². The Hall–Kier alpha value is -1.48. The van der Waals surface area contributed by atoms with Crippen molar-refractivity contribution in [3.63, 3.8) is 0 Å². The third kappa shape index (κ3) is 1.71. The molecule has 0 spiro atoms. The van der Waals surface area contributed by atoms with E-state index in [2.05, 4.69) is 10.6 Å². The third-order valence-electron chi connectivity index (χ3n) is 3.45. The SMILES string of the molecule is O=C(O)C1CCc2cc3cc(Cl)ccc3n2C1. The highest BCUT2D eigenvalue weighted by molar-refractivity contribution is 6.31. The maximum Gasteiger partial charge on any atom is 0.308 e. The van der Waals surface area contributed by atoms with Crippen molar-refractivity contribution in [2.24, 2.45) is 5.92 Å². The van der Waals surface area contributed by atoms with E-state index >= 15 is 0 Å². The number of carboxylic acids is 1. The zero-order chi connectivity index (χ0) is 12.0. The van der Waals surface area contributed by atoms with E-state index in [0.717, 1.165) is 28.8 Å². The highest BCUT2D eigenvalue weighted by Crippen LogP contribution is 2.29. The molecule has 17 heavy (non-hydrogen) atoms. The van der Waals surface area contributed by atoms with Crippen molar-refractivity contribution in [1.82, 2.24) is 4.57 Å². The number of hydrogen-bond acceptors (Lipinski definition) is 1. The van der Waals surface area contributed by atoms with Gasteiger partial charge < -0.3 is 9.67 Å². The first-order valence-corrected chi connectivity index (χ1v) is 6.03. The molecule has 0 fully saturated rings. The van der Waals surface area contributed by atoms with Crippen molar-refractivity contribution in [2.75, 3.05) is 0 Å². The fraction of sp³-hybridized carbons (Fsp3) is 0.308. The molecule has 0 saturated heterocycles. The molecule has 0 radical (unpaired) electrons. The lowest BCUT2D eigenvalue weighted by molar-refractivity contribution is -0.142. The minimum absolute atomic E-state index is 0.270. The Morgan fingerprint density at radius 3 is 3.00 bits per heavy atom. The number of halogens is 1. The van der Waals surface area contributed by atoms with Gasteiger partial charge in [0.05, 0.1) is 5.92 Å². The van der Waals surface area contributed by atoms with Crippen LogP contribution in [0.15, 0.2) is 24.3 Å². The van der Waals surface area contributed by atoms with Gasteiger partial charge in [0.2, 0.25) is 0 Å². The minimum atomic E-state index is -0.702. The molecule has 4 heteroatoms. The van der Waals surface area contributed by atoms with Crippen LogP contribution in [0.4, 0.5) is 0 Å². The second-order valence-corrected chi connectivity index (χ2v) is 4.96. The minimum Gasteiger partial charge on any atom is -0.481 e. The smallest absolute Gasteiger partial charge is 0.308 e. The van der Waals surface area contributed by atoms with E-state index in [1.54, 1.807) is 0 Å². The molecule has 1 unspecified atom stereocenters. The van der Waals surface area contributed by atoms with Crippen molar-refractivity contribution in [3.05, 3.63) is 35.0 Å². The number of fused-ring (bicyclic) bond motifs is 3. The molecule has 0 bridgehead atoms. The molecule has 2 heterocycles. The second kappa shape index (κ2) is 3.77. The summed E-state index contributed by atoms with van der Waals surface area (Å²) in [5.41, 5.74) is 2.29. The fourth-order valence-electron chi connectivity index (χ4n) is 2.56. The van der Waals surface area contributed by atoms with Gasteiger partial charge >= 0.3 is 5.97 Å². The van der Waals surface area contributed by atoms with E-state index in [-0.39, 0.29) is 5.92 Å². The molecular weight excluding hydrogens is 238 g/mol. The largest absolute Gasteiger partial charge is 0.481 e. The lowest BCUT2D eigenvalue weighted by Gasteiger charge is -2.22. The normalized spacial score (nSPS) is 19.2. The summed E-state index contributed by atoms with van der Waals surface area (Å²) in [4.78, 5) is 11.0. The zero-order valence-corrected chi connectivity index (χ0v) is 9.94. The van der Waals surface area contributed by atoms with Gasteiger partial charge in [-0.15, -0.1) is 0 Å². The Bertz CT molecular complexity index is 603. The van der Waals surface area contributed by atoms with Gasteiger partial charge in [-0.1, -0.05) is 11.6 Å². The first-order chi connectivity index (χ1) is 8.15. The first-order valence-electron chi connectivity index (χ1n) is 5.65. The zero-order valence-electron chi connectivity index (χ0n) is 9.19. The number of aromatic nitrogens is 1. The number of carboxylic acid groups (broad SMARTS) is 1. The molecule has 0 aliphatic carbocycles. The number of carbonyl (C=O) groups is 1. The predicted molar refractivity (Wildman–Crippen MR) is 66.4 cm³/mol.